The fourth-order valence-electron chi connectivity index (χ4n) is 1.27. The molecule has 0 N–H and O–H groups in total. The predicted octanol–water partition coefficient (Wildman–Crippen LogP) is 2.15. The van der Waals surface area contributed by atoms with Gasteiger partial charge in [0.2, 0.25) is 0 Å². The molecule has 0 spiro atoms. The Kier molecular flexibility index (Phi) is 4.73. The molecule has 0 atom stereocenters. The van der Waals surface area contributed by atoms with Gasteiger partial charge in [-0.25, -0.2) is 4.98 Å². The number of esters is 1. The second-order valence-corrected chi connectivity index (χ2v) is 4.64. The van der Waals surface area contributed by atoms with Crippen LogP contribution >= 0.6 is 11.3 Å². The van der Waals surface area contributed by atoms with Crippen LogP contribution in [0.5, 0.6) is 0 Å². The van der Waals surface area contributed by atoms with Gasteiger partial charge in [-0.05, 0) is 27.7 Å². The summed E-state index contributed by atoms with van der Waals surface area (Å²) >= 11 is 1.61. The molecule has 0 radical (unpaired) electrons. The lowest BCUT2D eigenvalue weighted by Crippen LogP contribution is -2.30. The third kappa shape index (κ3) is 3.20. The molecule has 1 aromatic heterocycles. The molecule has 0 saturated carbocycles. The Balaban J connectivity index is 2.70. The second-order valence-electron chi connectivity index (χ2n) is 3.46. The minimum Gasteiger partial charge on any atom is -0.465 e. The van der Waals surface area contributed by atoms with E-state index >= 15 is 0 Å². The van der Waals surface area contributed by atoms with Gasteiger partial charge in [-0.1, -0.05) is 0 Å². The first-order valence-electron chi connectivity index (χ1n) is 5.43. The molecule has 1 aromatic rings. The van der Waals surface area contributed by atoms with Crippen molar-refractivity contribution in [1.82, 2.24) is 4.98 Å². The van der Waals surface area contributed by atoms with Crippen LogP contribution in [0.4, 0.5) is 5.13 Å². The molecule has 1 heterocycles. The summed E-state index contributed by atoms with van der Waals surface area (Å²) in [6, 6.07) is 0. The van der Waals surface area contributed by atoms with Gasteiger partial charge < -0.3 is 9.64 Å². The van der Waals surface area contributed by atoms with E-state index in [4.69, 9.17) is 4.74 Å². The Morgan fingerprint density at radius 1 is 1.44 bits per heavy atom. The van der Waals surface area contributed by atoms with Crippen molar-refractivity contribution in [1.29, 1.82) is 0 Å². The summed E-state index contributed by atoms with van der Waals surface area (Å²) in [5.74, 6) is -0.199. The normalized spacial score (nSPS) is 10.2. The third-order valence-electron chi connectivity index (χ3n) is 2.29. The molecule has 4 nitrogen and oxygen atoms in total. The highest BCUT2D eigenvalue weighted by atomic mass is 32.1. The van der Waals surface area contributed by atoms with Crippen LogP contribution in [0.3, 0.4) is 0 Å². The van der Waals surface area contributed by atoms with E-state index in [1.165, 1.54) is 4.88 Å². The number of aryl methyl sites for hydroxylation is 2. The number of aromatic nitrogens is 1. The van der Waals surface area contributed by atoms with Crippen LogP contribution < -0.4 is 4.90 Å². The lowest BCUT2D eigenvalue weighted by atomic mass is 10.4. The van der Waals surface area contributed by atoms with Crippen molar-refractivity contribution in [2.24, 2.45) is 0 Å². The summed E-state index contributed by atoms with van der Waals surface area (Å²) in [7, 11) is 0. The van der Waals surface area contributed by atoms with Crippen molar-refractivity contribution < 1.29 is 9.53 Å². The van der Waals surface area contributed by atoms with Crippen molar-refractivity contribution in [3.05, 3.63) is 10.6 Å². The molecular formula is C11H18N2O2S. The average molecular weight is 242 g/mol. The highest BCUT2D eigenvalue weighted by molar-refractivity contribution is 7.15. The minimum atomic E-state index is -0.199. The van der Waals surface area contributed by atoms with E-state index in [0.29, 0.717) is 6.61 Å². The topological polar surface area (TPSA) is 42.4 Å². The van der Waals surface area contributed by atoms with E-state index in [1.54, 1.807) is 11.3 Å². The molecule has 16 heavy (non-hydrogen) atoms. The molecule has 0 bridgehead atoms. The largest absolute Gasteiger partial charge is 0.465 e. The fraction of sp³-hybridized carbons (Fsp3) is 0.636. The number of hydrogen-bond donors (Lipinski definition) is 0. The Morgan fingerprint density at radius 3 is 2.56 bits per heavy atom. The number of hydrogen-bond acceptors (Lipinski definition) is 5. The van der Waals surface area contributed by atoms with Crippen molar-refractivity contribution >= 4 is 22.4 Å². The zero-order chi connectivity index (χ0) is 12.1. The quantitative estimate of drug-likeness (QED) is 0.742. The standard InChI is InChI=1S/C11H18N2O2S/c1-5-13(7-10(14)15-6-2)11-12-8(3)9(4)16-11/h5-7H2,1-4H3. The zero-order valence-electron chi connectivity index (χ0n) is 10.2. The monoisotopic (exact) mass is 242 g/mol. The van der Waals surface area contributed by atoms with Crippen molar-refractivity contribution in [2.75, 3.05) is 24.6 Å². The number of likely N-dealkylation sites (N-methyl/N-ethyl adjacent to an activating group) is 1. The van der Waals surface area contributed by atoms with Gasteiger partial charge in [-0.15, -0.1) is 11.3 Å². The molecule has 0 saturated heterocycles. The molecule has 0 aliphatic heterocycles. The summed E-state index contributed by atoms with van der Waals surface area (Å²) < 4.78 is 4.93. The molecule has 0 aliphatic carbocycles. The maximum atomic E-state index is 11.4. The van der Waals surface area contributed by atoms with Crippen LogP contribution in [0.2, 0.25) is 0 Å². The van der Waals surface area contributed by atoms with Gasteiger partial charge in [0.1, 0.15) is 6.54 Å². The Hall–Kier alpha value is -1.10. The van der Waals surface area contributed by atoms with Gasteiger partial charge in [-0.2, -0.15) is 0 Å². The van der Waals surface area contributed by atoms with Crippen LogP contribution in [0.1, 0.15) is 24.4 Å². The number of thiazole rings is 1. The van der Waals surface area contributed by atoms with Crippen molar-refractivity contribution in [3.63, 3.8) is 0 Å². The highest BCUT2D eigenvalue weighted by Gasteiger charge is 2.14. The van der Waals surface area contributed by atoms with Crippen LogP contribution in [0.15, 0.2) is 0 Å². The summed E-state index contributed by atoms with van der Waals surface area (Å²) in [5.41, 5.74) is 1.03. The Labute approximate surface area is 100 Å². The molecule has 0 aromatic carbocycles. The first-order chi connectivity index (χ1) is 7.58. The lowest BCUT2D eigenvalue weighted by Gasteiger charge is -2.18. The molecule has 0 amide bonds. The maximum Gasteiger partial charge on any atom is 0.325 e. The zero-order valence-corrected chi connectivity index (χ0v) is 11.1. The maximum absolute atomic E-state index is 11.4. The highest BCUT2D eigenvalue weighted by Crippen LogP contribution is 2.24. The minimum absolute atomic E-state index is 0.199. The molecule has 5 heteroatoms. The molecule has 0 unspecified atom stereocenters. The fourth-order valence-corrected chi connectivity index (χ4v) is 2.24. The number of carbonyl (C=O) groups is 1. The average Bonchev–Trinajstić information content (AvgIpc) is 2.56. The van der Waals surface area contributed by atoms with E-state index < -0.39 is 0 Å². The van der Waals surface area contributed by atoms with E-state index in [0.717, 1.165) is 17.4 Å². The van der Waals surface area contributed by atoms with Gasteiger partial charge in [-0.3, -0.25) is 4.79 Å². The summed E-state index contributed by atoms with van der Waals surface area (Å²) in [5, 5.41) is 0.894. The number of anilines is 1. The van der Waals surface area contributed by atoms with Gasteiger partial charge in [0.25, 0.3) is 0 Å². The van der Waals surface area contributed by atoms with Gasteiger partial charge in [0, 0.05) is 11.4 Å². The molecule has 1 rings (SSSR count). The summed E-state index contributed by atoms with van der Waals surface area (Å²) in [4.78, 5) is 18.9. The van der Waals surface area contributed by atoms with Crippen LogP contribution in [0.25, 0.3) is 0 Å². The molecule has 0 fully saturated rings. The summed E-state index contributed by atoms with van der Waals surface area (Å²) in [6.07, 6.45) is 0. The smallest absolute Gasteiger partial charge is 0.325 e. The first-order valence-corrected chi connectivity index (χ1v) is 6.24. The number of rotatable bonds is 5. The predicted molar refractivity (Wildman–Crippen MR) is 66.1 cm³/mol. The van der Waals surface area contributed by atoms with Gasteiger partial charge >= 0.3 is 5.97 Å². The first kappa shape index (κ1) is 13.0. The lowest BCUT2D eigenvalue weighted by molar-refractivity contribution is -0.141. The molecular weight excluding hydrogens is 224 g/mol. The van der Waals surface area contributed by atoms with E-state index in [9.17, 15) is 4.79 Å². The van der Waals surface area contributed by atoms with E-state index in [2.05, 4.69) is 4.98 Å². The summed E-state index contributed by atoms with van der Waals surface area (Å²) in [6.45, 7) is 9.29. The van der Waals surface area contributed by atoms with Crippen molar-refractivity contribution in [3.8, 4) is 0 Å². The number of carbonyl (C=O) groups excluding carboxylic acids is 1. The second kappa shape index (κ2) is 5.84. The van der Waals surface area contributed by atoms with Crippen LogP contribution in [0, 0.1) is 13.8 Å². The van der Waals surface area contributed by atoms with Crippen LogP contribution in [-0.2, 0) is 9.53 Å². The number of nitrogens with zero attached hydrogens (tertiary/aromatic N) is 2. The van der Waals surface area contributed by atoms with Crippen LogP contribution in [-0.4, -0.2) is 30.6 Å². The SMILES string of the molecule is CCOC(=O)CN(CC)c1nc(C)c(C)s1. The van der Waals surface area contributed by atoms with E-state index in [1.807, 2.05) is 32.6 Å². The number of ether oxygens (including phenoxy) is 1. The Bertz CT molecular complexity index is 343. The van der Waals surface area contributed by atoms with Gasteiger partial charge in [0.05, 0.1) is 12.3 Å². The van der Waals surface area contributed by atoms with E-state index in [-0.39, 0.29) is 12.5 Å². The molecule has 0 aliphatic rings. The Morgan fingerprint density at radius 2 is 2.12 bits per heavy atom. The molecule has 90 valence electrons. The van der Waals surface area contributed by atoms with Gasteiger partial charge in [0.15, 0.2) is 5.13 Å². The van der Waals surface area contributed by atoms with Crippen molar-refractivity contribution in [2.45, 2.75) is 27.7 Å². The third-order valence-corrected chi connectivity index (χ3v) is 3.43.